The van der Waals surface area contributed by atoms with Crippen LogP contribution >= 0.6 is 23.2 Å². The Hall–Kier alpha value is -1.29. The molecule has 0 aliphatic carbocycles. The number of aliphatic hydroxyl groups excluding tert-OH is 1. The molecule has 1 unspecified atom stereocenters. The summed E-state index contributed by atoms with van der Waals surface area (Å²) in [6.07, 6.45) is 0.894. The number of hydrogen-bond donors (Lipinski definition) is 2. The number of nitrogens with zero attached hydrogens (tertiary/aromatic N) is 1. The molecular weight excluding hydrogens is 271 g/mol. The number of aliphatic hydroxyl groups is 1. The van der Waals surface area contributed by atoms with Crippen molar-refractivity contribution in [2.75, 3.05) is 11.9 Å². The van der Waals surface area contributed by atoms with Gasteiger partial charge in [0.05, 0.1) is 6.10 Å². The molecule has 5 heteroatoms. The first-order chi connectivity index (χ1) is 8.68. The smallest absolute Gasteiger partial charge is 0.125 e. The van der Waals surface area contributed by atoms with Crippen molar-refractivity contribution in [3.63, 3.8) is 0 Å². The van der Waals surface area contributed by atoms with Gasteiger partial charge in [0, 0.05) is 28.4 Å². The summed E-state index contributed by atoms with van der Waals surface area (Å²) in [5.74, 6) is 0.694. The van der Waals surface area contributed by atoms with E-state index in [0.717, 1.165) is 0 Å². The van der Waals surface area contributed by atoms with Crippen molar-refractivity contribution in [1.82, 2.24) is 4.98 Å². The molecule has 0 aliphatic heterocycles. The summed E-state index contributed by atoms with van der Waals surface area (Å²) in [4.78, 5) is 4.10. The average molecular weight is 283 g/mol. The minimum absolute atomic E-state index is 0.292. The lowest BCUT2D eigenvalue weighted by molar-refractivity contribution is 0.191. The average Bonchev–Trinajstić information content (AvgIpc) is 2.37. The number of halogens is 2. The first-order valence-corrected chi connectivity index (χ1v) is 6.21. The molecule has 0 saturated carbocycles. The van der Waals surface area contributed by atoms with E-state index in [4.69, 9.17) is 23.2 Å². The van der Waals surface area contributed by atoms with Gasteiger partial charge in [-0.25, -0.2) is 4.98 Å². The number of rotatable bonds is 4. The van der Waals surface area contributed by atoms with Crippen LogP contribution in [0.1, 0.15) is 11.7 Å². The fourth-order valence-electron chi connectivity index (χ4n) is 1.60. The van der Waals surface area contributed by atoms with E-state index in [1.54, 1.807) is 24.4 Å². The Morgan fingerprint density at radius 3 is 2.44 bits per heavy atom. The van der Waals surface area contributed by atoms with E-state index in [1.165, 1.54) is 0 Å². The third kappa shape index (κ3) is 3.13. The van der Waals surface area contributed by atoms with Gasteiger partial charge in [0.25, 0.3) is 0 Å². The van der Waals surface area contributed by atoms with Gasteiger partial charge in [-0.3, -0.25) is 0 Å². The Balaban J connectivity index is 2.06. The van der Waals surface area contributed by atoms with Crippen molar-refractivity contribution in [3.05, 3.63) is 58.2 Å². The first-order valence-electron chi connectivity index (χ1n) is 5.45. The summed E-state index contributed by atoms with van der Waals surface area (Å²) in [5, 5.41) is 14.0. The molecule has 0 spiro atoms. The van der Waals surface area contributed by atoms with Crippen LogP contribution < -0.4 is 5.32 Å². The van der Waals surface area contributed by atoms with Crippen molar-refractivity contribution in [2.24, 2.45) is 0 Å². The summed E-state index contributed by atoms with van der Waals surface area (Å²) >= 11 is 12.0. The van der Waals surface area contributed by atoms with E-state index < -0.39 is 6.10 Å². The number of aromatic nitrogens is 1. The largest absolute Gasteiger partial charge is 0.386 e. The lowest BCUT2D eigenvalue weighted by atomic mass is 10.1. The second kappa shape index (κ2) is 6.05. The zero-order chi connectivity index (χ0) is 13.0. The highest BCUT2D eigenvalue weighted by molar-refractivity contribution is 6.36. The highest BCUT2D eigenvalue weighted by Gasteiger charge is 2.15. The molecule has 18 heavy (non-hydrogen) atoms. The van der Waals surface area contributed by atoms with Crippen molar-refractivity contribution in [1.29, 1.82) is 0 Å². The van der Waals surface area contributed by atoms with Gasteiger partial charge in [-0.2, -0.15) is 0 Å². The molecule has 1 aromatic carbocycles. The van der Waals surface area contributed by atoms with Crippen molar-refractivity contribution >= 4 is 29.0 Å². The zero-order valence-corrected chi connectivity index (χ0v) is 11.0. The molecule has 3 nitrogen and oxygen atoms in total. The summed E-state index contributed by atoms with van der Waals surface area (Å²) in [6, 6.07) is 10.7. The van der Waals surface area contributed by atoms with E-state index in [-0.39, 0.29) is 0 Å². The van der Waals surface area contributed by atoms with Crippen LogP contribution in [0.5, 0.6) is 0 Å². The monoisotopic (exact) mass is 282 g/mol. The molecule has 0 bridgehead atoms. The van der Waals surface area contributed by atoms with E-state index in [1.807, 2.05) is 18.2 Å². The number of pyridine rings is 1. The molecular formula is C13H12Cl2N2O. The number of anilines is 1. The Bertz CT molecular complexity index is 499. The SMILES string of the molecule is OC(CNc1ccccn1)c1c(Cl)cccc1Cl. The Labute approximate surface area is 115 Å². The highest BCUT2D eigenvalue weighted by Crippen LogP contribution is 2.30. The Kier molecular flexibility index (Phi) is 4.42. The van der Waals surface area contributed by atoms with Crippen LogP contribution in [0, 0.1) is 0 Å². The van der Waals surface area contributed by atoms with Crippen LogP contribution in [0.4, 0.5) is 5.82 Å². The predicted octanol–water partition coefficient (Wildman–Crippen LogP) is 3.53. The molecule has 0 amide bonds. The molecule has 0 saturated heterocycles. The van der Waals surface area contributed by atoms with Gasteiger partial charge in [0.1, 0.15) is 5.82 Å². The second-order valence-corrected chi connectivity index (χ2v) is 4.56. The van der Waals surface area contributed by atoms with Crippen LogP contribution in [0.2, 0.25) is 10.0 Å². The summed E-state index contributed by atoms with van der Waals surface area (Å²) < 4.78 is 0. The second-order valence-electron chi connectivity index (χ2n) is 3.75. The quantitative estimate of drug-likeness (QED) is 0.902. The normalized spacial score (nSPS) is 12.2. The van der Waals surface area contributed by atoms with Gasteiger partial charge in [0.15, 0.2) is 0 Å². The number of nitrogens with one attached hydrogen (secondary N) is 1. The van der Waals surface area contributed by atoms with Crippen LogP contribution in [0.25, 0.3) is 0 Å². The maximum absolute atomic E-state index is 10.1. The van der Waals surface area contributed by atoms with Gasteiger partial charge in [0.2, 0.25) is 0 Å². The van der Waals surface area contributed by atoms with Gasteiger partial charge < -0.3 is 10.4 Å². The van der Waals surface area contributed by atoms with Crippen molar-refractivity contribution < 1.29 is 5.11 Å². The first kappa shape index (κ1) is 13.1. The van der Waals surface area contributed by atoms with E-state index in [2.05, 4.69) is 10.3 Å². The van der Waals surface area contributed by atoms with Gasteiger partial charge >= 0.3 is 0 Å². The molecule has 0 aliphatic rings. The zero-order valence-electron chi connectivity index (χ0n) is 9.48. The lowest BCUT2D eigenvalue weighted by Gasteiger charge is -2.15. The molecule has 1 atom stereocenters. The summed E-state index contributed by atoms with van der Waals surface area (Å²) in [6.45, 7) is 0.292. The third-order valence-electron chi connectivity index (χ3n) is 2.47. The molecule has 94 valence electrons. The maximum Gasteiger partial charge on any atom is 0.125 e. The Morgan fingerprint density at radius 2 is 1.83 bits per heavy atom. The van der Waals surface area contributed by atoms with Crippen molar-refractivity contribution in [2.45, 2.75) is 6.10 Å². The van der Waals surface area contributed by atoms with Crippen LogP contribution in [-0.4, -0.2) is 16.6 Å². The fraction of sp³-hybridized carbons (Fsp3) is 0.154. The van der Waals surface area contributed by atoms with Crippen LogP contribution in [-0.2, 0) is 0 Å². The summed E-state index contributed by atoms with van der Waals surface area (Å²) in [7, 11) is 0. The lowest BCUT2D eigenvalue weighted by Crippen LogP contribution is -2.13. The van der Waals surface area contributed by atoms with Gasteiger partial charge in [-0.15, -0.1) is 0 Å². The molecule has 0 radical (unpaired) electrons. The minimum atomic E-state index is -0.784. The molecule has 2 aromatic rings. The fourth-order valence-corrected chi connectivity index (χ4v) is 2.25. The van der Waals surface area contributed by atoms with Gasteiger partial charge in [-0.1, -0.05) is 35.3 Å². The molecule has 1 aromatic heterocycles. The number of hydrogen-bond acceptors (Lipinski definition) is 3. The third-order valence-corrected chi connectivity index (χ3v) is 3.13. The van der Waals surface area contributed by atoms with Gasteiger partial charge in [-0.05, 0) is 24.3 Å². The van der Waals surface area contributed by atoms with E-state index in [9.17, 15) is 5.11 Å². The number of benzene rings is 1. The molecule has 0 fully saturated rings. The predicted molar refractivity (Wildman–Crippen MR) is 74.1 cm³/mol. The molecule has 1 heterocycles. The molecule has 2 N–H and O–H groups in total. The molecule has 2 rings (SSSR count). The van der Waals surface area contributed by atoms with E-state index >= 15 is 0 Å². The van der Waals surface area contributed by atoms with E-state index in [0.29, 0.717) is 28.0 Å². The highest BCUT2D eigenvalue weighted by atomic mass is 35.5. The standard InChI is InChI=1S/C13H12Cl2N2O/c14-9-4-3-5-10(15)13(9)11(18)8-17-12-6-1-2-7-16-12/h1-7,11,18H,8H2,(H,16,17). The van der Waals surface area contributed by atoms with Crippen LogP contribution in [0.3, 0.4) is 0 Å². The van der Waals surface area contributed by atoms with Crippen molar-refractivity contribution in [3.8, 4) is 0 Å². The Morgan fingerprint density at radius 1 is 1.11 bits per heavy atom. The maximum atomic E-state index is 10.1. The summed E-state index contributed by atoms with van der Waals surface area (Å²) in [5.41, 5.74) is 0.532. The topological polar surface area (TPSA) is 45.1 Å². The van der Waals surface area contributed by atoms with Crippen LogP contribution in [0.15, 0.2) is 42.6 Å². The minimum Gasteiger partial charge on any atom is -0.386 e.